The van der Waals surface area contributed by atoms with Crippen molar-refractivity contribution in [2.24, 2.45) is 5.92 Å². The standard InChI is InChI=1S/C19H29N3O4S/c1-13-5-9-17(10-6-13)22(4)19(24)14(2)21-27(25,26)18-11-7-16(8-12-18)20-15(3)23/h7-8,11-14,17,21H,5-6,9-10H2,1-4H3,(H,20,23)/t13?,14-,17?/m0/s1. The highest BCUT2D eigenvalue weighted by Crippen LogP contribution is 2.26. The lowest BCUT2D eigenvalue weighted by Gasteiger charge is -2.35. The molecule has 1 aromatic rings. The maximum Gasteiger partial charge on any atom is 0.241 e. The van der Waals surface area contributed by atoms with Gasteiger partial charge in [-0.1, -0.05) is 6.92 Å². The van der Waals surface area contributed by atoms with Crippen molar-refractivity contribution in [3.63, 3.8) is 0 Å². The molecule has 1 aliphatic carbocycles. The average molecular weight is 396 g/mol. The molecule has 0 heterocycles. The number of likely N-dealkylation sites (N-methyl/N-ethyl adjacent to an activating group) is 1. The summed E-state index contributed by atoms with van der Waals surface area (Å²) < 4.78 is 27.6. The van der Waals surface area contributed by atoms with Crippen molar-refractivity contribution in [3.8, 4) is 0 Å². The van der Waals surface area contributed by atoms with Crippen LogP contribution in [0.3, 0.4) is 0 Å². The van der Waals surface area contributed by atoms with Crippen LogP contribution in [-0.2, 0) is 19.6 Å². The highest BCUT2D eigenvalue weighted by atomic mass is 32.2. The minimum Gasteiger partial charge on any atom is -0.341 e. The van der Waals surface area contributed by atoms with Gasteiger partial charge in [0.2, 0.25) is 21.8 Å². The normalized spacial score (nSPS) is 21.3. The van der Waals surface area contributed by atoms with E-state index in [4.69, 9.17) is 0 Å². The van der Waals surface area contributed by atoms with E-state index in [1.807, 2.05) is 0 Å². The molecule has 7 nitrogen and oxygen atoms in total. The van der Waals surface area contributed by atoms with E-state index in [1.165, 1.54) is 31.2 Å². The molecule has 1 aliphatic rings. The number of hydrogen-bond donors (Lipinski definition) is 2. The molecular weight excluding hydrogens is 366 g/mol. The second-order valence-corrected chi connectivity index (χ2v) is 9.13. The van der Waals surface area contributed by atoms with Gasteiger partial charge in [0.25, 0.3) is 0 Å². The van der Waals surface area contributed by atoms with E-state index < -0.39 is 16.1 Å². The Bertz CT molecular complexity index is 769. The first kappa shape index (κ1) is 21.4. The number of nitrogens with one attached hydrogen (secondary N) is 2. The number of carbonyl (C=O) groups is 2. The Hall–Kier alpha value is -1.93. The number of hydrogen-bond acceptors (Lipinski definition) is 4. The molecule has 27 heavy (non-hydrogen) atoms. The summed E-state index contributed by atoms with van der Waals surface area (Å²) in [5, 5.41) is 2.58. The molecule has 1 aromatic carbocycles. The van der Waals surface area contributed by atoms with Gasteiger partial charge in [-0.2, -0.15) is 4.72 Å². The summed E-state index contributed by atoms with van der Waals surface area (Å²) in [5.74, 6) is 0.220. The monoisotopic (exact) mass is 395 g/mol. The van der Waals surface area contributed by atoms with Crippen molar-refractivity contribution in [2.75, 3.05) is 12.4 Å². The lowest BCUT2D eigenvalue weighted by Crippen LogP contribution is -2.49. The largest absolute Gasteiger partial charge is 0.341 e. The Morgan fingerprint density at radius 3 is 2.19 bits per heavy atom. The predicted molar refractivity (Wildman–Crippen MR) is 105 cm³/mol. The summed E-state index contributed by atoms with van der Waals surface area (Å²) in [6.45, 7) is 5.16. The molecule has 1 atom stereocenters. The summed E-state index contributed by atoms with van der Waals surface area (Å²) >= 11 is 0. The van der Waals surface area contributed by atoms with Crippen LogP contribution in [0.5, 0.6) is 0 Å². The van der Waals surface area contributed by atoms with Crippen LogP contribution in [0.4, 0.5) is 5.69 Å². The lowest BCUT2D eigenvalue weighted by atomic mass is 9.86. The molecule has 1 fully saturated rings. The molecule has 0 bridgehead atoms. The van der Waals surface area contributed by atoms with Crippen LogP contribution in [0.25, 0.3) is 0 Å². The SMILES string of the molecule is CC(=O)Nc1ccc(S(=O)(=O)N[C@@H](C)C(=O)N(C)C2CCC(C)CC2)cc1. The first-order chi connectivity index (χ1) is 12.6. The van der Waals surface area contributed by atoms with Gasteiger partial charge in [0.15, 0.2) is 0 Å². The zero-order chi connectivity index (χ0) is 20.2. The van der Waals surface area contributed by atoms with Crippen molar-refractivity contribution in [1.29, 1.82) is 0 Å². The highest BCUT2D eigenvalue weighted by Gasteiger charge is 2.29. The molecule has 0 spiro atoms. The molecule has 2 N–H and O–H groups in total. The molecule has 0 aromatic heterocycles. The van der Waals surface area contributed by atoms with Crippen LogP contribution < -0.4 is 10.0 Å². The van der Waals surface area contributed by atoms with Crippen molar-refractivity contribution in [1.82, 2.24) is 9.62 Å². The van der Waals surface area contributed by atoms with E-state index in [0.717, 1.165) is 25.7 Å². The summed E-state index contributed by atoms with van der Waals surface area (Å²) in [4.78, 5) is 25.4. The zero-order valence-corrected chi connectivity index (χ0v) is 17.2. The summed E-state index contributed by atoms with van der Waals surface area (Å²) in [6.07, 6.45) is 4.08. The van der Waals surface area contributed by atoms with E-state index in [0.29, 0.717) is 11.6 Å². The predicted octanol–water partition coefficient (Wildman–Crippen LogP) is 2.35. The van der Waals surface area contributed by atoms with Gasteiger partial charge in [0.1, 0.15) is 0 Å². The van der Waals surface area contributed by atoms with Crippen LogP contribution in [0.15, 0.2) is 29.2 Å². The number of carbonyl (C=O) groups excluding carboxylic acids is 2. The summed E-state index contributed by atoms with van der Waals surface area (Å²) in [5.41, 5.74) is 0.511. The fraction of sp³-hybridized carbons (Fsp3) is 0.579. The van der Waals surface area contributed by atoms with E-state index in [1.54, 1.807) is 18.9 Å². The summed E-state index contributed by atoms with van der Waals surface area (Å²) in [7, 11) is -2.09. The molecule has 8 heteroatoms. The van der Waals surface area contributed by atoms with Crippen LogP contribution in [0.1, 0.15) is 46.5 Å². The molecule has 150 valence electrons. The third-order valence-corrected chi connectivity index (χ3v) is 6.62. The van der Waals surface area contributed by atoms with Gasteiger partial charge >= 0.3 is 0 Å². The minimum atomic E-state index is -3.83. The second kappa shape index (κ2) is 8.84. The Kier molecular flexibility index (Phi) is 7.00. The van der Waals surface area contributed by atoms with Crippen LogP contribution in [0.2, 0.25) is 0 Å². The fourth-order valence-electron chi connectivity index (χ4n) is 3.39. The smallest absolute Gasteiger partial charge is 0.241 e. The van der Waals surface area contributed by atoms with Crippen molar-refractivity contribution in [2.45, 2.75) is 63.4 Å². The maximum atomic E-state index is 12.7. The zero-order valence-electron chi connectivity index (χ0n) is 16.4. The van der Waals surface area contributed by atoms with Crippen LogP contribution in [-0.4, -0.2) is 44.3 Å². The number of anilines is 1. The van der Waals surface area contributed by atoms with Gasteiger partial charge in [-0.05, 0) is 62.8 Å². The molecule has 0 aliphatic heterocycles. The van der Waals surface area contributed by atoms with Crippen LogP contribution >= 0.6 is 0 Å². The lowest BCUT2D eigenvalue weighted by molar-refractivity contribution is -0.134. The third kappa shape index (κ3) is 5.77. The molecule has 1 saturated carbocycles. The second-order valence-electron chi connectivity index (χ2n) is 7.41. The number of rotatable bonds is 6. The van der Waals surface area contributed by atoms with Gasteiger partial charge in [0.05, 0.1) is 10.9 Å². The Labute approximate surface area is 161 Å². The van der Waals surface area contributed by atoms with E-state index in [-0.39, 0.29) is 22.8 Å². The molecule has 0 saturated heterocycles. The number of sulfonamides is 1. The third-order valence-electron chi connectivity index (χ3n) is 5.07. The van der Waals surface area contributed by atoms with Crippen molar-refractivity contribution >= 4 is 27.5 Å². The molecule has 2 amide bonds. The van der Waals surface area contributed by atoms with E-state index in [9.17, 15) is 18.0 Å². The molecular formula is C19H29N3O4S. The van der Waals surface area contributed by atoms with Gasteiger partial charge in [-0.25, -0.2) is 8.42 Å². The van der Waals surface area contributed by atoms with E-state index >= 15 is 0 Å². The van der Waals surface area contributed by atoms with Gasteiger partial charge in [-0.15, -0.1) is 0 Å². The maximum absolute atomic E-state index is 12.7. The number of amides is 2. The first-order valence-corrected chi connectivity index (χ1v) is 10.7. The van der Waals surface area contributed by atoms with Gasteiger partial charge in [-0.3, -0.25) is 9.59 Å². The van der Waals surface area contributed by atoms with Crippen molar-refractivity contribution < 1.29 is 18.0 Å². The molecule has 0 unspecified atom stereocenters. The Morgan fingerprint density at radius 2 is 1.67 bits per heavy atom. The Morgan fingerprint density at radius 1 is 1.11 bits per heavy atom. The highest BCUT2D eigenvalue weighted by molar-refractivity contribution is 7.89. The number of nitrogens with zero attached hydrogens (tertiary/aromatic N) is 1. The summed E-state index contributed by atoms with van der Waals surface area (Å²) in [6, 6.07) is 5.14. The molecule has 0 radical (unpaired) electrons. The number of benzene rings is 1. The van der Waals surface area contributed by atoms with E-state index in [2.05, 4.69) is 17.0 Å². The van der Waals surface area contributed by atoms with Gasteiger partial charge < -0.3 is 10.2 Å². The fourth-order valence-corrected chi connectivity index (χ4v) is 4.58. The quantitative estimate of drug-likeness (QED) is 0.773. The van der Waals surface area contributed by atoms with Gasteiger partial charge in [0, 0.05) is 25.7 Å². The molecule has 2 rings (SSSR count). The minimum absolute atomic E-state index is 0.0467. The van der Waals surface area contributed by atoms with Crippen molar-refractivity contribution in [3.05, 3.63) is 24.3 Å². The Balaban J connectivity index is 2.01. The first-order valence-electron chi connectivity index (χ1n) is 9.27. The topological polar surface area (TPSA) is 95.6 Å². The van der Waals surface area contributed by atoms with Crippen LogP contribution in [0, 0.1) is 5.92 Å². The average Bonchev–Trinajstić information content (AvgIpc) is 2.60.